The first-order chi connectivity index (χ1) is 14.2. The molecule has 0 fully saturated rings. The number of nitrogens with zero attached hydrogens (tertiary/aromatic N) is 4. The number of benzene rings is 1. The summed E-state index contributed by atoms with van der Waals surface area (Å²) in [6.07, 6.45) is 5.18. The third-order valence-corrected chi connectivity index (χ3v) is 5.34. The monoisotopic (exact) mass is 409 g/mol. The summed E-state index contributed by atoms with van der Waals surface area (Å²) in [6.45, 7) is 6.36. The van der Waals surface area contributed by atoms with Crippen LogP contribution in [0.1, 0.15) is 6.92 Å². The summed E-state index contributed by atoms with van der Waals surface area (Å²) in [7, 11) is 0. The quantitative estimate of drug-likeness (QED) is 0.472. The molecule has 4 rings (SSSR count). The zero-order valence-corrected chi connectivity index (χ0v) is 16.6. The van der Waals surface area contributed by atoms with Crippen molar-refractivity contribution < 1.29 is 14.3 Å². The first-order valence-corrected chi connectivity index (χ1v) is 9.85. The maximum absolute atomic E-state index is 12.7. The van der Waals surface area contributed by atoms with Gasteiger partial charge in [-0.05, 0) is 31.2 Å². The predicted octanol–water partition coefficient (Wildman–Crippen LogP) is 3.37. The Labute approximate surface area is 172 Å². The van der Waals surface area contributed by atoms with E-state index in [4.69, 9.17) is 9.47 Å². The molecule has 1 amide bonds. The second-order valence-electron chi connectivity index (χ2n) is 6.26. The van der Waals surface area contributed by atoms with E-state index in [0.29, 0.717) is 34.7 Å². The number of carbonyl (C=O) groups is 1. The van der Waals surface area contributed by atoms with Crippen LogP contribution in [0.3, 0.4) is 0 Å². The minimum atomic E-state index is -0.390. The maximum atomic E-state index is 12.7. The lowest BCUT2D eigenvalue weighted by Gasteiger charge is -2.13. The van der Waals surface area contributed by atoms with Gasteiger partial charge in [0.1, 0.15) is 0 Å². The Kier molecular flexibility index (Phi) is 5.48. The molecule has 0 aliphatic carbocycles. The number of nitrogens with one attached hydrogen (secondary N) is 1. The minimum absolute atomic E-state index is 0.146. The summed E-state index contributed by atoms with van der Waals surface area (Å²) in [4.78, 5) is 16.7. The van der Waals surface area contributed by atoms with Crippen LogP contribution in [0.2, 0.25) is 0 Å². The first kappa shape index (κ1) is 19.0. The number of amides is 1. The van der Waals surface area contributed by atoms with E-state index in [2.05, 4.69) is 27.1 Å². The van der Waals surface area contributed by atoms with E-state index in [1.807, 2.05) is 23.6 Å². The molecule has 0 bridgehead atoms. The third kappa shape index (κ3) is 4.09. The minimum Gasteiger partial charge on any atom is -0.454 e. The van der Waals surface area contributed by atoms with E-state index in [1.165, 1.54) is 11.8 Å². The van der Waals surface area contributed by atoms with Gasteiger partial charge in [-0.1, -0.05) is 17.8 Å². The Hall–Kier alpha value is -3.33. The molecular weight excluding hydrogens is 390 g/mol. The molecule has 1 atom stereocenters. The molecule has 1 N–H and O–H groups in total. The molecule has 0 radical (unpaired) electrons. The molecule has 0 spiro atoms. The number of allylic oxidation sites excluding steroid dienone is 1. The van der Waals surface area contributed by atoms with Crippen molar-refractivity contribution in [3.63, 3.8) is 0 Å². The highest BCUT2D eigenvalue weighted by Crippen LogP contribution is 2.34. The molecule has 1 aromatic carbocycles. The highest BCUT2D eigenvalue weighted by molar-refractivity contribution is 8.00. The highest BCUT2D eigenvalue weighted by atomic mass is 32.2. The number of aromatic nitrogens is 4. The Morgan fingerprint density at radius 2 is 2.07 bits per heavy atom. The second-order valence-corrected chi connectivity index (χ2v) is 7.57. The van der Waals surface area contributed by atoms with Gasteiger partial charge in [0.15, 0.2) is 22.5 Å². The molecule has 1 aliphatic heterocycles. The number of anilines is 1. The van der Waals surface area contributed by atoms with Gasteiger partial charge in [0, 0.05) is 36.3 Å². The van der Waals surface area contributed by atoms with Crippen molar-refractivity contribution in [1.82, 2.24) is 19.7 Å². The van der Waals surface area contributed by atoms with Crippen molar-refractivity contribution in [1.29, 1.82) is 0 Å². The zero-order chi connectivity index (χ0) is 20.2. The van der Waals surface area contributed by atoms with Crippen LogP contribution >= 0.6 is 11.8 Å². The normalized spacial score (nSPS) is 13.1. The van der Waals surface area contributed by atoms with E-state index in [9.17, 15) is 4.79 Å². The smallest absolute Gasteiger partial charge is 0.237 e. The molecule has 2 aromatic heterocycles. The predicted molar refractivity (Wildman–Crippen MR) is 110 cm³/mol. The fourth-order valence-corrected chi connectivity index (χ4v) is 3.67. The molecule has 29 heavy (non-hydrogen) atoms. The summed E-state index contributed by atoms with van der Waals surface area (Å²) >= 11 is 1.34. The van der Waals surface area contributed by atoms with Crippen LogP contribution in [0.15, 0.2) is 60.5 Å². The average Bonchev–Trinajstić information content (AvgIpc) is 3.36. The van der Waals surface area contributed by atoms with Crippen LogP contribution in [-0.4, -0.2) is 37.7 Å². The SMILES string of the molecule is C=CCn1c(S[C@@H](C)C(=O)Nc2ccc3c(c2)OCO3)nnc1-c1ccncc1. The van der Waals surface area contributed by atoms with Gasteiger partial charge in [-0.25, -0.2) is 0 Å². The fraction of sp³-hybridized carbons (Fsp3) is 0.200. The molecule has 9 heteroatoms. The van der Waals surface area contributed by atoms with Crippen molar-refractivity contribution in [2.45, 2.75) is 23.9 Å². The van der Waals surface area contributed by atoms with Crippen LogP contribution in [0.5, 0.6) is 11.5 Å². The Morgan fingerprint density at radius 1 is 1.28 bits per heavy atom. The largest absolute Gasteiger partial charge is 0.454 e. The molecule has 148 valence electrons. The Bertz CT molecular complexity index is 1040. The van der Waals surface area contributed by atoms with Gasteiger partial charge in [-0.15, -0.1) is 16.8 Å². The van der Waals surface area contributed by atoms with E-state index in [1.54, 1.807) is 36.7 Å². The lowest BCUT2D eigenvalue weighted by molar-refractivity contribution is -0.115. The van der Waals surface area contributed by atoms with E-state index < -0.39 is 5.25 Å². The summed E-state index contributed by atoms with van der Waals surface area (Å²) < 4.78 is 12.6. The lowest BCUT2D eigenvalue weighted by atomic mass is 10.2. The third-order valence-electron chi connectivity index (χ3n) is 4.26. The fourth-order valence-electron chi connectivity index (χ4n) is 2.81. The Balaban J connectivity index is 1.49. The van der Waals surface area contributed by atoms with Crippen molar-refractivity contribution in [3.8, 4) is 22.9 Å². The first-order valence-electron chi connectivity index (χ1n) is 8.97. The Morgan fingerprint density at radius 3 is 2.86 bits per heavy atom. The van der Waals surface area contributed by atoms with Gasteiger partial charge in [-0.3, -0.25) is 14.3 Å². The molecule has 0 unspecified atom stereocenters. The number of pyridine rings is 1. The number of thioether (sulfide) groups is 1. The molecule has 3 heterocycles. The molecule has 0 saturated carbocycles. The van der Waals surface area contributed by atoms with Gasteiger partial charge in [-0.2, -0.15) is 0 Å². The number of fused-ring (bicyclic) bond motifs is 1. The van der Waals surface area contributed by atoms with Crippen molar-refractivity contribution in [3.05, 3.63) is 55.4 Å². The van der Waals surface area contributed by atoms with Gasteiger partial charge < -0.3 is 14.8 Å². The van der Waals surface area contributed by atoms with Crippen molar-refractivity contribution >= 4 is 23.4 Å². The van der Waals surface area contributed by atoms with Crippen molar-refractivity contribution in [2.24, 2.45) is 0 Å². The van der Waals surface area contributed by atoms with E-state index >= 15 is 0 Å². The highest BCUT2D eigenvalue weighted by Gasteiger charge is 2.21. The zero-order valence-electron chi connectivity index (χ0n) is 15.7. The summed E-state index contributed by atoms with van der Waals surface area (Å²) in [5.41, 5.74) is 1.55. The molecule has 8 nitrogen and oxygen atoms in total. The summed E-state index contributed by atoms with van der Waals surface area (Å²) in [6, 6.07) is 9.04. The average molecular weight is 409 g/mol. The molecule has 3 aromatic rings. The van der Waals surface area contributed by atoms with Gasteiger partial charge >= 0.3 is 0 Å². The number of hydrogen-bond donors (Lipinski definition) is 1. The topological polar surface area (TPSA) is 91.2 Å². The summed E-state index contributed by atoms with van der Waals surface area (Å²) in [5.74, 6) is 1.85. The number of hydrogen-bond acceptors (Lipinski definition) is 7. The number of rotatable bonds is 7. The van der Waals surface area contributed by atoms with E-state index in [0.717, 1.165) is 5.56 Å². The van der Waals surface area contributed by atoms with Crippen LogP contribution in [0.4, 0.5) is 5.69 Å². The van der Waals surface area contributed by atoms with Crippen LogP contribution in [-0.2, 0) is 11.3 Å². The molecular formula is C20H19N5O3S. The van der Waals surface area contributed by atoms with Crippen LogP contribution in [0.25, 0.3) is 11.4 Å². The lowest BCUT2D eigenvalue weighted by Crippen LogP contribution is -2.23. The van der Waals surface area contributed by atoms with Crippen molar-refractivity contribution in [2.75, 3.05) is 12.1 Å². The van der Waals surface area contributed by atoms with E-state index in [-0.39, 0.29) is 12.7 Å². The van der Waals surface area contributed by atoms with Gasteiger partial charge in [0.25, 0.3) is 0 Å². The summed E-state index contributed by atoms with van der Waals surface area (Å²) in [5, 5.41) is 11.7. The van der Waals surface area contributed by atoms with Crippen LogP contribution in [0, 0.1) is 0 Å². The molecule has 0 saturated heterocycles. The van der Waals surface area contributed by atoms with Gasteiger partial charge in [0.05, 0.1) is 5.25 Å². The standard InChI is InChI=1S/C20H19N5O3S/c1-3-10-25-18(14-6-8-21-9-7-14)23-24-20(25)29-13(2)19(26)22-15-4-5-16-17(11-15)28-12-27-16/h3-9,11,13H,1,10,12H2,2H3,(H,22,26)/t13-/m0/s1. The molecule has 1 aliphatic rings. The second kappa shape index (κ2) is 8.36. The van der Waals surface area contributed by atoms with Gasteiger partial charge in [0.2, 0.25) is 12.7 Å². The maximum Gasteiger partial charge on any atom is 0.237 e. The van der Waals surface area contributed by atoms with Crippen LogP contribution < -0.4 is 14.8 Å². The number of ether oxygens (including phenoxy) is 2. The number of carbonyl (C=O) groups excluding carboxylic acids is 1.